The molecular weight excluding hydrogens is 246 g/mol. The Hall–Kier alpha value is -1.70. The maximum absolute atomic E-state index is 11.9. The highest BCUT2D eigenvalue weighted by atomic mass is 16.6. The van der Waals surface area contributed by atoms with E-state index in [0.29, 0.717) is 12.5 Å². The molecule has 19 heavy (non-hydrogen) atoms. The summed E-state index contributed by atoms with van der Waals surface area (Å²) in [5, 5.41) is 0. The standard InChI is InChI=1S/C14H21NO4/c1-5-18-12(16)8-9-15(10-11-6-7-11)13(17)19-14(2,3)4/h11H,5-7,10H2,1-4H3. The lowest BCUT2D eigenvalue weighted by molar-refractivity contribution is -0.136. The Balaban J connectivity index is 2.65. The Labute approximate surface area is 114 Å². The molecule has 1 amide bonds. The zero-order valence-electron chi connectivity index (χ0n) is 12.0. The first-order valence-electron chi connectivity index (χ1n) is 6.50. The van der Waals surface area contributed by atoms with Crippen LogP contribution in [-0.4, -0.2) is 35.7 Å². The Bertz CT molecular complexity index is 396. The number of carbonyl (C=O) groups excluding carboxylic acids is 2. The first kappa shape index (κ1) is 15.4. The van der Waals surface area contributed by atoms with E-state index >= 15 is 0 Å². The first-order valence-corrected chi connectivity index (χ1v) is 6.50. The largest absolute Gasteiger partial charge is 0.456 e. The van der Waals surface area contributed by atoms with E-state index in [2.05, 4.69) is 12.0 Å². The first-order chi connectivity index (χ1) is 8.81. The van der Waals surface area contributed by atoms with Crippen LogP contribution in [0.15, 0.2) is 0 Å². The quantitative estimate of drug-likeness (QED) is 0.446. The molecule has 0 aromatic carbocycles. The molecule has 1 saturated carbocycles. The Morgan fingerprint density at radius 1 is 1.32 bits per heavy atom. The third-order valence-electron chi connectivity index (χ3n) is 2.32. The predicted octanol–water partition coefficient (Wildman–Crippen LogP) is 2.16. The number of ether oxygens (including phenoxy) is 2. The summed E-state index contributed by atoms with van der Waals surface area (Å²) < 4.78 is 9.96. The molecule has 0 bridgehead atoms. The summed E-state index contributed by atoms with van der Waals surface area (Å²) in [5.41, 5.74) is -0.579. The van der Waals surface area contributed by atoms with E-state index in [9.17, 15) is 9.59 Å². The molecule has 0 spiro atoms. The summed E-state index contributed by atoms with van der Waals surface area (Å²) in [7, 11) is 0. The van der Waals surface area contributed by atoms with E-state index in [1.54, 1.807) is 27.7 Å². The topological polar surface area (TPSA) is 55.8 Å². The van der Waals surface area contributed by atoms with E-state index in [0.717, 1.165) is 12.8 Å². The molecule has 0 saturated heterocycles. The lowest BCUT2D eigenvalue weighted by Gasteiger charge is -2.23. The number of hydrogen-bond donors (Lipinski definition) is 0. The van der Waals surface area contributed by atoms with Crippen molar-refractivity contribution in [2.45, 2.75) is 46.1 Å². The molecule has 0 aromatic heterocycles. The molecule has 0 unspecified atom stereocenters. The normalized spacial score (nSPS) is 14.1. The summed E-state index contributed by atoms with van der Waals surface area (Å²) in [6, 6.07) is 2.53. The third-order valence-corrected chi connectivity index (χ3v) is 2.32. The fraction of sp³-hybridized carbons (Fsp3) is 0.714. The van der Waals surface area contributed by atoms with E-state index in [-0.39, 0.29) is 6.61 Å². The van der Waals surface area contributed by atoms with Crippen LogP contribution in [0.5, 0.6) is 0 Å². The number of hydrogen-bond acceptors (Lipinski definition) is 4. The van der Waals surface area contributed by atoms with Crippen LogP contribution >= 0.6 is 0 Å². The highest BCUT2D eigenvalue weighted by Gasteiger charge is 2.29. The molecule has 1 rings (SSSR count). The molecule has 5 heteroatoms. The van der Waals surface area contributed by atoms with Gasteiger partial charge < -0.3 is 9.47 Å². The van der Waals surface area contributed by atoms with Crippen molar-refractivity contribution in [3.8, 4) is 12.0 Å². The number of amides is 1. The minimum atomic E-state index is -0.633. The Kier molecular flexibility index (Phi) is 5.22. The minimum absolute atomic E-state index is 0.266. The summed E-state index contributed by atoms with van der Waals surface area (Å²) in [5.74, 6) is 2.13. The zero-order valence-corrected chi connectivity index (χ0v) is 12.0. The molecule has 0 radical (unpaired) electrons. The van der Waals surface area contributed by atoms with Crippen molar-refractivity contribution in [3.63, 3.8) is 0 Å². The minimum Gasteiger partial charge on any atom is -0.456 e. The van der Waals surface area contributed by atoms with Gasteiger partial charge in [0.2, 0.25) is 0 Å². The van der Waals surface area contributed by atoms with Crippen molar-refractivity contribution >= 4 is 12.1 Å². The van der Waals surface area contributed by atoms with Gasteiger partial charge in [0, 0.05) is 18.5 Å². The van der Waals surface area contributed by atoms with Crippen molar-refractivity contribution in [1.82, 2.24) is 4.90 Å². The van der Waals surface area contributed by atoms with Gasteiger partial charge in [-0.3, -0.25) is 0 Å². The van der Waals surface area contributed by atoms with Gasteiger partial charge in [-0.2, -0.15) is 0 Å². The van der Waals surface area contributed by atoms with Crippen LogP contribution in [0, 0.1) is 17.9 Å². The van der Waals surface area contributed by atoms with Crippen molar-refractivity contribution in [2.24, 2.45) is 5.92 Å². The maximum atomic E-state index is 11.9. The van der Waals surface area contributed by atoms with Crippen LogP contribution in [0.4, 0.5) is 4.79 Å². The fourth-order valence-electron chi connectivity index (χ4n) is 1.32. The van der Waals surface area contributed by atoms with Crippen molar-refractivity contribution in [3.05, 3.63) is 0 Å². The van der Waals surface area contributed by atoms with Gasteiger partial charge in [-0.15, -0.1) is 0 Å². The summed E-state index contributed by atoms with van der Waals surface area (Å²) in [4.78, 5) is 24.4. The van der Waals surface area contributed by atoms with Crippen LogP contribution in [0.1, 0.15) is 40.5 Å². The molecule has 1 aliphatic rings. The van der Waals surface area contributed by atoms with Gasteiger partial charge in [0.1, 0.15) is 5.60 Å². The van der Waals surface area contributed by atoms with Gasteiger partial charge in [-0.25, -0.2) is 14.5 Å². The number of rotatable bonds is 3. The highest BCUT2D eigenvalue weighted by Crippen LogP contribution is 2.29. The average molecular weight is 267 g/mol. The second-order valence-corrected chi connectivity index (χ2v) is 5.49. The molecular formula is C14H21NO4. The average Bonchev–Trinajstić information content (AvgIpc) is 3.05. The summed E-state index contributed by atoms with van der Waals surface area (Å²) >= 11 is 0. The number of carbonyl (C=O) groups is 2. The van der Waals surface area contributed by atoms with Crippen LogP contribution in [0.3, 0.4) is 0 Å². The molecule has 0 N–H and O–H groups in total. The fourth-order valence-corrected chi connectivity index (χ4v) is 1.32. The van der Waals surface area contributed by atoms with Crippen molar-refractivity contribution in [2.75, 3.05) is 13.2 Å². The maximum Gasteiger partial charge on any atom is 0.422 e. The van der Waals surface area contributed by atoms with Gasteiger partial charge in [0.15, 0.2) is 0 Å². The second-order valence-electron chi connectivity index (χ2n) is 5.49. The predicted molar refractivity (Wildman–Crippen MR) is 70.1 cm³/mol. The molecule has 0 aliphatic heterocycles. The Morgan fingerprint density at radius 2 is 1.95 bits per heavy atom. The van der Waals surface area contributed by atoms with Gasteiger partial charge in [0.25, 0.3) is 0 Å². The van der Waals surface area contributed by atoms with Gasteiger partial charge in [0.05, 0.1) is 6.61 Å². The lowest BCUT2D eigenvalue weighted by atomic mass is 10.2. The molecule has 106 valence electrons. The smallest absolute Gasteiger partial charge is 0.422 e. The zero-order chi connectivity index (χ0) is 14.5. The second kappa shape index (κ2) is 6.46. The van der Waals surface area contributed by atoms with Crippen LogP contribution < -0.4 is 0 Å². The molecule has 5 nitrogen and oxygen atoms in total. The summed E-state index contributed by atoms with van der Waals surface area (Å²) in [6.07, 6.45) is 1.65. The van der Waals surface area contributed by atoms with Crippen molar-refractivity contribution in [1.29, 1.82) is 0 Å². The van der Waals surface area contributed by atoms with Crippen molar-refractivity contribution < 1.29 is 19.1 Å². The molecule has 1 fully saturated rings. The molecule has 0 aromatic rings. The number of nitrogens with zero attached hydrogens (tertiary/aromatic N) is 1. The monoisotopic (exact) mass is 267 g/mol. The molecule has 1 aliphatic carbocycles. The van der Waals surface area contributed by atoms with E-state index in [1.165, 1.54) is 4.90 Å². The number of esters is 1. The van der Waals surface area contributed by atoms with E-state index < -0.39 is 17.7 Å². The van der Waals surface area contributed by atoms with Crippen LogP contribution in [-0.2, 0) is 14.3 Å². The molecule has 0 heterocycles. The van der Waals surface area contributed by atoms with Crippen LogP contribution in [0.2, 0.25) is 0 Å². The highest BCUT2D eigenvalue weighted by molar-refractivity contribution is 5.89. The van der Waals surface area contributed by atoms with Crippen LogP contribution in [0.25, 0.3) is 0 Å². The third kappa shape index (κ3) is 6.70. The SMILES string of the molecule is CCOC(=O)C#CN(CC1CC1)C(=O)OC(C)(C)C. The Morgan fingerprint density at radius 3 is 2.42 bits per heavy atom. The van der Waals surface area contributed by atoms with Gasteiger partial charge >= 0.3 is 12.1 Å². The molecule has 0 atom stereocenters. The van der Waals surface area contributed by atoms with E-state index in [1.807, 2.05) is 0 Å². The van der Waals surface area contributed by atoms with Gasteiger partial charge in [-0.1, -0.05) is 0 Å². The summed E-state index contributed by atoms with van der Waals surface area (Å²) in [6.45, 7) is 7.84. The lowest BCUT2D eigenvalue weighted by Crippen LogP contribution is -2.35. The van der Waals surface area contributed by atoms with E-state index in [4.69, 9.17) is 9.47 Å². The van der Waals surface area contributed by atoms with Gasteiger partial charge in [-0.05, 0) is 46.5 Å².